The SMILES string of the molecule is C=CCN1C=CC(c2ccc(Br)cc2)=CC1. The Labute approximate surface area is 105 Å². The first-order valence-electron chi connectivity index (χ1n) is 5.29. The molecule has 1 aliphatic rings. The third-order valence-corrected chi connectivity index (χ3v) is 3.08. The van der Waals surface area contributed by atoms with Gasteiger partial charge >= 0.3 is 0 Å². The van der Waals surface area contributed by atoms with Crippen LogP contribution in [0.2, 0.25) is 0 Å². The van der Waals surface area contributed by atoms with Crippen molar-refractivity contribution in [1.29, 1.82) is 0 Å². The molecule has 0 saturated heterocycles. The minimum Gasteiger partial charge on any atom is -0.370 e. The van der Waals surface area contributed by atoms with Crippen LogP contribution in [0.25, 0.3) is 5.57 Å². The van der Waals surface area contributed by atoms with Crippen molar-refractivity contribution in [3.63, 3.8) is 0 Å². The number of hydrogen-bond acceptors (Lipinski definition) is 1. The van der Waals surface area contributed by atoms with Crippen LogP contribution < -0.4 is 0 Å². The van der Waals surface area contributed by atoms with Crippen LogP contribution >= 0.6 is 15.9 Å². The molecule has 0 bridgehead atoms. The zero-order valence-electron chi connectivity index (χ0n) is 9.07. The topological polar surface area (TPSA) is 3.24 Å². The van der Waals surface area contributed by atoms with E-state index in [-0.39, 0.29) is 0 Å². The summed E-state index contributed by atoms with van der Waals surface area (Å²) in [5.74, 6) is 0. The Morgan fingerprint density at radius 3 is 2.62 bits per heavy atom. The Bertz CT molecular complexity index is 429. The van der Waals surface area contributed by atoms with Gasteiger partial charge in [0, 0.05) is 23.8 Å². The van der Waals surface area contributed by atoms with Crippen LogP contribution in [-0.4, -0.2) is 18.0 Å². The van der Waals surface area contributed by atoms with Gasteiger partial charge in [0.1, 0.15) is 0 Å². The maximum absolute atomic E-state index is 3.74. The van der Waals surface area contributed by atoms with Crippen molar-refractivity contribution in [3.8, 4) is 0 Å². The second-order valence-electron chi connectivity index (χ2n) is 3.72. The van der Waals surface area contributed by atoms with E-state index in [2.05, 4.69) is 70.0 Å². The lowest BCUT2D eigenvalue weighted by molar-refractivity contribution is 0.459. The molecule has 0 aromatic heterocycles. The first-order chi connectivity index (χ1) is 7.79. The fourth-order valence-corrected chi connectivity index (χ4v) is 1.95. The van der Waals surface area contributed by atoms with Gasteiger partial charge in [0.25, 0.3) is 0 Å². The Kier molecular flexibility index (Phi) is 3.62. The van der Waals surface area contributed by atoms with Crippen molar-refractivity contribution in [3.05, 3.63) is 65.3 Å². The van der Waals surface area contributed by atoms with Gasteiger partial charge in [-0.25, -0.2) is 0 Å². The molecule has 0 radical (unpaired) electrons. The normalized spacial score (nSPS) is 14.8. The molecule has 1 aliphatic heterocycles. The highest BCUT2D eigenvalue weighted by Gasteiger charge is 2.04. The molecule has 16 heavy (non-hydrogen) atoms. The van der Waals surface area contributed by atoms with Gasteiger partial charge in [-0.3, -0.25) is 0 Å². The van der Waals surface area contributed by atoms with Crippen molar-refractivity contribution in [2.45, 2.75) is 0 Å². The minimum absolute atomic E-state index is 0.903. The third-order valence-electron chi connectivity index (χ3n) is 2.55. The second kappa shape index (κ2) is 5.17. The van der Waals surface area contributed by atoms with Crippen molar-refractivity contribution >= 4 is 21.5 Å². The molecule has 0 spiro atoms. The maximum Gasteiger partial charge on any atom is 0.0366 e. The summed E-state index contributed by atoms with van der Waals surface area (Å²) >= 11 is 3.44. The molecule has 2 rings (SSSR count). The van der Waals surface area contributed by atoms with Gasteiger partial charge < -0.3 is 4.90 Å². The number of rotatable bonds is 3. The first kappa shape index (κ1) is 11.2. The molecule has 82 valence electrons. The van der Waals surface area contributed by atoms with E-state index >= 15 is 0 Å². The largest absolute Gasteiger partial charge is 0.370 e. The summed E-state index contributed by atoms with van der Waals surface area (Å²) < 4.78 is 1.12. The van der Waals surface area contributed by atoms with Gasteiger partial charge in [0.15, 0.2) is 0 Å². The third kappa shape index (κ3) is 2.64. The van der Waals surface area contributed by atoms with Crippen LogP contribution in [0.5, 0.6) is 0 Å². The molecule has 0 aliphatic carbocycles. The number of nitrogens with zero attached hydrogens (tertiary/aromatic N) is 1. The standard InChI is InChI=1S/C14H14BrN/c1-2-9-16-10-7-13(8-11-16)12-3-5-14(15)6-4-12/h2-8,10H,1,9,11H2. The van der Waals surface area contributed by atoms with Crippen LogP contribution in [0.1, 0.15) is 5.56 Å². The fourth-order valence-electron chi connectivity index (χ4n) is 1.69. The lowest BCUT2D eigenvalue weighted by atomic mass is 10.0. The average molecular weight is 276 g/mol. The molecule has 0 unspecified atom stereocenters. The quantitative estimate of drug-likeness (QED) is 0.758. The summed E-state index contributed by atoms with van der Waals surface area (Å²) in [6.07, 6.45) is 8.44. The van der Waals surface area contributed by atoms with Gasteiger partial charge in [-0.2, -0.15) is 0 Å². The zero-order valence-corrected chi connectivity index (χ0v) is 10.7. The Balaban J connectivity index is 2.11. The van der Waals surface area contributed by atoms with Crippen LogP contribution in [-0.2, 0) is 0 Å². The van der Waals surface area contributed by atoms with Crippen molar-refractivity contribution in [2.75, 3.05) is 13.1 Å². The first-order valence-corrected chi connectivity index (χ1v) is 6.08. The Hall–Kier alpha value is -1.28. The van der Waals surface area contributed by atoms with Gasteiger partial charge in [0.05, 0.1) is 0 Å². The van der Waals surface area contributed by atoms with E-state index in [0.717, 1.165) is 17.6 Å². The summed E-state index contributed by atoms with van der Waals surface area (Å²) in [6.45, 7) is 5.60. The number of hydrogen-bond donors (Lipinski definition) is 0. The number of halogens is 1. The van der Waals surface area contributed by atoms with Gasteiger partial charge in [0.2, 0.25) is 0 Å². The molecule has 0 fully saturated rings. The molecule has 0 amide bonds. The molecule has 0 atom stereocenters. The predicted octanol–water partition coefficient (Wildman–Crippen LogP) is 3.85. The van der Waals surface area contributed by atoms with E-state index < -0.39 is 0 Å². The lowest BCUT2D eigenvalue weighted by Crippen LogP contribution is -2.19. The Morgan fingerprint density at radius 2 is 2.06 bits per heavy atom. The van der Waals surface area contributed by atoms with E-state index in [4.69, 9.17) is 0 Å². The van der Waals surface area contributed by atoms with Gasteiger partial charge in [-0.1, -0.05) is 40.2 Å². The second-order valence-corrected chi connectivity index (χ2v) is 4.64. The summed E-state index contributed by atoms with van der Waals surface area (Å²) in [5, 5.41) is 0. The van der Waals surface area contributed by atoms with Crippen molar-refractivity contribution in [1.82, 2.24) is 4.90 Å². The highest BCUT2D eigenvalue weighted by atomic mass is 79.9. The van der Waals surface area contributed by atoms with E-state index in [1.165, 1.54) is 11.1 Å². The molecule has 1 aromatic carbocycles. The Morgan fingerprint density at radius 1 is 1.31 bits per heavy atom. The molecule has 2 heteroatoms. The van der Waals surface area contributed by atoms with Crippen molar-refractivity contribution < 1.29 is 0 Å². The summed E-state index contributed by atoms with van der Waals surface area (Å²) in [6, 6.07) is 8.40. The van der Waals surface area contributed by atoms with E-state index in [1.54, 1.807) is 0 Å². The number of allylic oxidation sites excluding steroid dienone is 2. The number of benzene rings is 1. The van der Waals surface area contributed by atoms with Gasteiger partial charge in [-0.15, -0.1) is 6.58 Å². The van der Waals surface area contributed by atoms with Crippen molar-refractivity contribution in [2.24, 2.45) is 0 Å². The van der Waals surface area contributed by atoms with Crippen LogP contribution in [0.3, 0.4) is 0 Å². The molecular formula is C14H14BrN. The molecule has 0 saturated carbocycles. The maximum atomic E-state index is 3.74. The van der Waals surface area contributed by atoms with E-state index in [1.807, 2.05) is 6.08 Å². The average Bonchev–Trinajstić information content (AvgIpc) is 2.32. The summed E-state index contributed by atoms with van der Waals surface area (Å²) in [7, 11) is 0. The summed E-state index contributed by atoms with van der Waals surface area (Å²) in [5.41, 5.74) is 2.55. The van der Waals surface area contributed by atoms with Crippen LogP contribution in [0.4, 0.5) is 0 Å². The van der Waals surface area contributed by atoms with Gasteiger partial charge in [-0.05, 0) is 29.3 Å². The molecule has 1 aromatic rings. The highest BCUT2D eigenvalue weighted by molar-refractivity contribution is 9.10. The molecule has 0 N–H and O–H groups in total. The fraction of sp³-hybridized carbons (Fsp3) is 0.143. The van der Waals surface area contributed by atoms with E-state index in [9.17, 15) is 0 Å². The predicted molar refractivity (Wildman–Crippen MR) is 73.0 cm³/mol. The summed E-state index contributed by atoms with van der Waals surface area (Å²) in [4.78, 5) is 2.22. The zero-order chi connectivity index (χ0) is 11.4. The molecule has 1 nitrogen and oxygen atoms in total. The van der Waals surface area contributed by atoms with Crippen LogP contribution in [0, 0.1) is 0 Å². The minimum atomic E-state index is 0.903. The van der Waals surface area contributed by atoms with E-state index in [0.29, 0.717) is 0 Å². The van der Waals surface area contributed by atoms with Crippen LogP contribution in [0.15, 0.2) is 59.7 Å². The molecular weight excluding hydrogens is 262 g/mol. The highest BCUT2D eigenvalue weighted by Crippen LogP contribution is 2.21. The molecule has 1 heterocycles. The smallest absolute Gasteiger partial charge is 0.0366 e. The lowest BCUT2D eigenvalue weighted by Gasteiger charge is -2.21. The monoisotopic (exact) mass is 275 g/mol.